The lowest BCUT2D eigenvalue weighted by Crippen LogP contribution is -2.18. The van der Waals surface area contributed by atoms with Gasteiger partial charge in [0.05, 0.1) is 17.6 Å². The molecule has 2 nitrogen and oxygen atoms in total. The Bertz CT molecular complexity index is 619. The van der Waals surface area contributed by atoms with Crippen LogP contribution in [0.25, 0.3) is 0 Å². The number of rotatable bonds is 4. The van der Waals surface area contributed by atoms with Crippen LogP contribution in [0.2, 0.25) is 5.02 Å². The molecule has 0 fully saturated rings. The first kappa shape index (κ1) is 15.8. The zero-order valence-electron chi connectivity index (χ0n) is 11.1. The molecule has 1 unspecified atom stereocenters. The molecule has 0 aromatic heterocycles. The van der Waals surface area contributed by atoms with E-state index < -0.39 is 0 Å². The molecule has 0 bridgehead atoms. The highest BCUT2D eigenvalue weighted by atomic mass is 79.9. The van der Waals surface area contributed by atoms with Crippen molar-refractivity contribution in [3.05, 3.63) is 61.5 Å². The molecule has 2 aromatic carbocycles. The van der Waals surface area contributed by atoms with E-state index in [0.717, 1.165) is 25.8 Å². The molecule has 106 valence electrons. The predicted molar refractivity (Wildman–Crippen MR) is 90.7 cm³/mol. The summed E-state index contributed by atoms with van der Waals surface area (Å²) in [6, 6.07) is 11.9. The fourth-order valence-electron chi connectivity index (χ4n) is 2.10. The van der Waals surface area contributed by atoms with Crippen molar-refractivity contribution in [1.82, 2.24) is 5.32 Å². The van der Waals surface area contributed by atoms with Crippen LogP contribution in [0.15, 0.2) is 45.3 Å². The maximum absolute atomic E-state index is 6.00. The Morgan fingerprint density at radius 3 is 2.40 bits per heavy atom. The first-order chi connectivity index (χ1) is 9.56. The number of benzene rings is 2. The van der Waals surface area contributed by atoms with Gasteiger partial charge in [-0.3, -0.25) is 0 Å². The van der Waals surface area contributed by atoms with Crippen molar-refractivity contribution in [2.75, 3.05) is 14.2 Å². The van der Waals surface area contributed by atoms with E-state index in [1.807, 2.05) is 37.4 Å². The smallest absolute Gasteiger partial charge is 0.133 e. The normalized spacial score (nSPS) is 12.2. The molecule has 0 saturated heterocycles. The van der Waals surface area contributed by atoms with Crippen LogP contribution in [-0.4, -0.2) is 14.2 Å². The topological polar surface area (TPSA) is 21.3 Å². The molecule has 0 aliphatic rings. The largest absolute Gasteiger partial charge is 0.496 e. The molecule has 0 radical (unpaired) electrons. The minimum absolute atomic E-state index is 0.0730. The van der Waals surface area contributed by atoms with E-state index in [4.69, 9.17) is 16.3 Å². The summed E-state index contributed by atoms with van der Waals surface area (Å²) in [5.41, 5.74) is 2.28. The maximum Gasteiger partial charge on any atom is 0.133 e. The van der Waals surface area contributed by atoms with Gasteiger partial charge in [0.25, 0.3) is 0 Å². The van der Waals surface area contributed by atoms with Gasteiger partial charge in [-0.15, -0.1) is 0 Å². The molecule has 2 aromatic rings. The number of nitrogens with one attached hydrogen (secondary N) is 1. The lowest BCUT2D eigenvalue weighted by Gasteiger charge is -2.20. The van der Waals surface area contributed by atoms with E-state index in [0.29, 0.717) is 5.02 Å². The molecule has 0 aliphatic heterocycles. The number of hydrogen-bond acceptors (Lipinski definition) is 2. The Kier molecular flexibility index (Phi) is 5.49. The molecule has 0 amide bonds. The van der Waals surface area contributed by atoms with Crippen LogP contribution in [0.4, 0.5) is 0 Å². The van der Waals surface area contributed by atoms with Crippen LogP contribution >= 0.6 is 43.5 Å². The van der Waals surface area contributed by atoms with Gasteiger partial charge in [0.2, 0.25) is 0 Å². The summed E-state index contributed by atoms with van der Waals surface area (Å²) in [6.45, 7) is 0. The Balaban J connectivity index is 2.44. The minimum atomic E-state index is 0.0730. The van der Waals surface area contributed by atoms with Gasteiger partial charge in [0.15, 0.2) is 0 Å². The second-order valence-electron chi connectivity index (χ2n) is 4.28. The Morgan fingerprint density at radius 1 is 1.10 bits per heavy atom. The van der Waals surface area contributed by atoms with Crippen molar-refractivity contribution in [3.63, 3.8) is 0 Å². The summed E-state index contributed by atoms with van der Waals surface area (Å²) in [6.07, 6.45) is 0. The standard InChI is InChI=1S/C15H14Br2ClNO/c1-19-15(11-5-4-10(18)8-12(11)16)9-3-6-14(20-2)13(17)7-9/h3-8,15,19H,1-2H3. The van der Waals surface area contributed by atoms with Crippen molar-refractivity contribution in [3.8, 4) is 5.75 Å². The van der Waals surface area contributed by atoms with Gasteiger partial charge in [0.1, 0.15) is 5.75 Å². The van der Waals surface area contributed by atoms with E-state index >= 15 is 0 Å². The molecule has 0 aliphatic carbocycles. The van der Waals surface area contributed by atoms with Crippen LogP contribution < -0.4 is 10.1 Å². The first-order valence-electron chi connectivity index (χ1n) is 6.02. The SMILES string of the molecule is CNC(c1ccc(OC)c(Br)c1)c1ccc(Cl)cc1Br. The molecule has 20 heavy (non-hydrogen) atoms. The maximum atomic E-state index is 6.00. The van der Waals surface area contributed by atoms with E-state index in [1.54, 1.807) is 7.11 Å². The van der Waals surface area contributed by atoms with Crippen LogP contribution in [0, 0.1) is 0 Å². The summed E-state index contributed by atoms with van der Waals surface area (Å²) >= 11 is 13.1. The number of ether oxygens (including phenoxy) is 1. The Labute approximate surface area is 140 Å². The zero-order chi connectivity index (χ0) is 14.7. The van der Waals surface area contributed by atoms with Crippen molar-refractivity contribution in [1.29, 1.82) is 0 Å². The third-order valence-electron chi connectivity index (χ3n) is 3.07. The summed E-state index contributed by atoms with van der Waals surface area (Å²) < 4.78 is 7.18. The van der Waals surface area contributed by atoms with E-state index in [2.05, 4.69) is 43.2 Å². The molecule has 5 heteroatoms. The molecule has 0 saturated carbocycles. The number of methoxy groups -OCH3 is 1. The molecule has 2 rings (SSSR count). The molecule has 1 atom stereocenters. The highest BCUT2D eigenvalue weighted by Gasteiger charge is 2.16. The molecule has 0 spiro atoms. The van der Waals surface area contributed by atoms with Crippen molar-refractivity contribution >= 4 is 43.5 Å². The average Bonchev–Trinajstić information content (AvgIpc) is 2.42. The fourth-order valence-corrected chi connectivity index (χ4v) is 3.57. The van der Waals surface area contributed by atoms with Gasteiger partial charge in [-0.05, 0) is 58.4 Å². The fraction of sp³-hybridized carbons (Fsp3) is 0.200. The third kappa shape index (κ3) is 3.37. The second-order valence-corrected chi connectivity index (χ2v) is 6.43. The van der Waals surface area contributed by atoms with Gasteiger partial charge < -0.3 is 10.1 Å². The number of hydrogen-bond donors (Lipinski definition) is 1. The van der Waals surface area contributed by atoms with Crippen molar-refractivity contribution in [2.45, 2.75) is 6.04 Å². The van der Waals surface area contributed by atoms with E-state index in [9.17, 15) is 0 Å². The van der Waals surface area contributed by atoms with Gasteiger partial charge in [-0.1, -0.05) is 39.7 Å². The molecular formula is C15H14Br2ClNO. The third-order valence-corrected chi connectivity index (χ3v) is 4.61. The summed E-state index contributed by atoms with van der Waals surface area (Å²) in [7, 11) is 3.59. The minimum Gasteiger partial charge on any atom is -0.496 e. The van der Waals surface area contributed by atoms with E-state index in [1.165, 1.54) is 0 Å². The summed E-state index contributed by atoms with van der Waals surface area (Å²) in [5, 5.41) is 4.04. The van der Waals surface area contributed by atoms with E-state index in [-0.39, 0.29) is 6.04 Å². The van der Waals surface area contributed by atoms with Crippen molar-refractivity contribution < 1.29 is 4.74 Å². The summed E-state index contributed by atoms with van der Waals surface area (Å²) in [5.74, 6) is 0.818. The molecule has 1 N–H and O–H groups in total. The Hall–Kier alpha value is -0.550. The highest BCUT2D eigenvalue weighted by Crippen LogP contribution is 2.34. The molecular weight excluding hydrogens is 405 g/mol. The summed E-state index contributed by atoms with van der Waals surface area (Å²) in [4.78, 5) is 0. The average molecular weight is 420 g/mol. The lowest BCUT2D eigenvalue weighted by molar-refractivity contribution is 0.412. The first-order valence-corrected chi connectivity index (χ1v) is 7.99. The second kappa shape index (κ2) is 6.94. The lowest BCUT2D eigenvalue weighted by atomic mass is 9.99. The van der Waals surface area contributed by atoms with Crippen LogP contribution in [-0.2, 0) is 0 Å². The predicted octanol–water partition coefficient (Wildman–Crippen LogP) is 5.18. The van der Waals surface area contributed by atoms with Gasteiger partial charge in [0, 0.05) is 9.50 Å². The zero-order valence-corrected chi connectivity index (χ0v) is 15.0. The monoisotopic (exact) mass is 417 g/mol. The van der Waals surface area contributed by atoms with Gasteiger partial charge >= 0.3 is 0 Å². The van der Waals surface area contributed by atoms with Crippen LogP contribution in [0.1, 0.15) is 17.2 Å². The van der Waals surface area contributed by atoms with Crippen LogP contribution in [0.5, 0.6) is 5.75 Å². The Morgan fingerprint density at radius 2 is 1.85 bits per heavy atom. The molecule has 0 heterocycles. The van der Waals surface area contributed by atoms with Gasteiger partial charge in [-0.2, -0.15) is 0 Å². The van der Waals surface area contributed by atoms with Crippen molar-refractivity contribution in [2.24, 2.45) is 0 Å². The van der Waals surface area contributed by atoms with Gasteiger partial charge in [-0.25, -0.2) is 0 Å². The van der Waals surface area contributed by atoms with Crippen LogP contribution in [0.3, 0.4) is 0 Å². The quantitative estimate of drug-likeness (QED) is 0.737. The number of halogens is 3. The highest BCUT2D eigenvalue weighted by molar-refractivity contribution is 9.10.